The molecule has 1 atom stereocenters. The van der Waals surface area contributed by atoms with Crippen LogP contribution in [0.1, 0.15) is 37.0 Å². The van der Waals surface area contributed by atoms with E-state index in [0.717, 1.165) is 6.54 Å². The Morgan fingerprint density at radius 2 is 2.20 bits per heavy atom. The first-order valence-corrected chi connectivity index (χ1v) is 7.19. The van der Waals surface area contributed by atoms with Crippen LogP contribution in [-0.4, -0.2) is 32.1 Å². The summed E-state index contributed by atoms with van der Waals surface area (Å²) < 4.78 is 5.22. The lowest BCUT2D eigenvalue weighted by Crippen LogP contribution is -2.52. The van der Waals surface area contributed by atoms with Crippen molar-refractivity contribution in [2.24, 2.45) is 5.41 Å². The highest BCUT2D eigenvalue weighted by molar-refractivity contribution is 5.96. The second-order valence-corrected chi connectivity index (χ2v) is 6.01. The molecule has 0 aliphatic carbocycles. The number of carbonyl (C=O) groups is 1. The van der Waals surface area contributed by atoms with E-state index < -0.39 is 0 Å². The number of nitrogens with one attached hydrogen (secondary N) is 2. The summed E-state index contributed by atoms with van der Waals surface area (Å²) in [6.07, 6.45) is 2.39. The summed E-state index contributed by atoms with van der Waals surface area (Å²) in [6.45, 7) is 6.17. The van der Waals surface area contributed by atoms with Crippen LogP contribution in [-0.2, 0) is 0 Å². The van der Waals surface area contributed by atoms with Crippen LogP contribution in [0.25, 0.3) is 0 Å². The smallest absolute Gasteiger partial charge is 0.255 e. The predicted molar refractivity (Wildman–Crippen MR) is 80.1 cm³/mol. The second-order valence-electron chi connectivity index (χ2n) is 6.01. The van der Waals surface area contributed by atoms with Gasteiger partial charge in [0.05, 0.1) is 12.7 Å². The summed E-state index contributed by atoms with van der Waals surface area (Å²) in [4.78, 5) is 12.3. The molecule has 2 rings (SSSR count). The molecule has 2 N–H and O–H groups in total. The Balaban J connectivity index is 1.98. The molecule has 110 valence electrons. The summed E-state index contributed by atoms with van der Waals surface area (Å²) >= 11 is 0. The molecule has 1 aliphatic heterocycles. The number of hydrogen-bond acceptors (Lipinski definition) is 3. The average molecular weight is 276 g/mol. The summed E-state index contributed by atoms with van der Waals surface area (Å²) in [6, 6.07) is 7.61. The number of piperidine rings is 1. The van der Waals surface area contributed by atoms with Gasteiger partial charge in [0.15, 0.2) is 0 Å². The van der Waals surface area contributed by atoms with Crippen molar-refractivity contribution >= 4 is 5.91 Å². The molecule has 1 fully saturated rings. The van der Waals surface area contributed by atoms with Crippen LogP contribution in [0.4, 0.5) is 0 Å². The summed E-state index contributed by atoms with van der Waals surface area (Å²) in [5.41, 5.74) is 0.801. The molecule has 20 heavy (non-hydrogen) atoms. The molecule has 1 aromatic rings. The van der Waals surface area contributed by atoms with Gasteiger partial charge in [-0.15, -0.1) is 0 Å². The Kier molecular flexibility index (Phi) is 4.65. The first kappa shape index (κ1) is 14.9. The molecule has 0 saturated carbocycles. The lowest BCUT2D eigenvalue weighted by atomic mass is 9.77. The number of rotatable bonds is 4. The normalized spacial score (nSPS) is 21.2. The third-order valence-electron chi connectivity index (χ3n) is 4.15. The van der Waals surface area contributed by atoms with Gasteiger partial charge in [-0.1, -0.05) is 26.0 Å². The van der Waals surface area contributed by atoms with Gasteiger partial charge in [0.2, 0.25) is 0 Å². The van der Waals surface area contributed by atoms with Gasteiger partial charge in [-0.05, 0) is 36.9 Å². The van der Waals surface area contributed by atoms with Crippen LogP contribution in [0, 0.1) is 5.41 Å². The SMILES string of the molecule is COc1ccccc1C(=O)NCC1NCCCC1(C)C. The Morgan fingerprint density at radius 3 is 2.90 bits per heavy atom. The fraction of sp³-hybridized carbons (Fsp3) is 0.562. The lowest BCUT2D eigenvalue weighted by molar-refractivity contribution is 0.0926. The van der Waals surface area contributed by atoms with Gasteiger partial charge in [-0.2, -0.15) is 0 Å². The Hall–Kier alpha value is -1.55. The molecule has 1 aromatic carbocycles. The molecule has 1 saturated heterocycles. The molecule has 1 aliphatic rings. The van der Waals surface area contributed by atoms with E-state index in [2.05, 4.69) is 24.5 Å². The van der Waals surface area contributed by atoms with Gasteiger partial charge in [0, 0.05) is 12.6 Å². The fourth-order valence-corrected chi connectivity index (χ4v) is 2.74. The maximum atomic E-state index is 12.3. The number of ether oxygens (including phenoxy) is 1. The van der Waals surface area contributed by atoms with E-state index >= 15 is 0 Å². The molecule has 0 radical (unpaired) electrons. The minimum absolute atomic E-state index is 0.0781. The maximum absolute atomic E-state index is 12.3. The van der Waals surface area contributed by atoms with Crippen molar-refractivity contribution in [1.29, 1.82) is 0 Å². The maximum Gasteiger partial charge on any atom is 0.255 e. The molecule has 0 spiro atoms. The van der Waals surface area contributed by atoms with Gasteiger partial charge in [-0.25, -0.2) is 0 Å². The number of amides is 1. The first-order valence-electron chi connectivity index (χ1n) is 7.19. The molecule has 0 bridgehead atoms. The van der Waals surface area contributed by atoms with Gasteiger partial charge < -0.3 is 15.4 Å². The molecule has 4 heteroatoms. The minimum Gasteiger partial charge on any atom is -0.496 e. The lowest BCUT2D eigenvalue weighted by Gasteiger charge is -2.39. The van der Waals surface area contributed by atoms with Gasteiger partial charge in [0.25, 0.3) is 5.91 Å². The third-order valence-corrected chi connectivity index (χ3v) is 4.15. The second kappa shape index (κ2) is 6.27. The monoisotopic (exact) mass is 276 g/mol. The minimum atomic E-state index is -0.0781. The van der Waals surface area contributed by atoms with Crippen LogP contribution in [0.2, 0.25) is 0 Å². The van der Waals surface area contributed by atoms with E-state index in [9.17, 15) is 4.79 Å². The van der Waals surface area contributed by atoms with Gasteiger partial charge in [-0.3, -0.25) is 4.79 Å². The number of methoxy groups -OCH3 is 1. The number of carbonyl (C=O) groups excluding carboxylic acids is 1. The highest BCUT2D eigenvalue weighted by Crippen LogP contribution is 2.29. The molecule has 1 amide bonds. The summed E-state index contributed by atoms with van der Waals surface area (Å²) in [7, 11) is 1.58. The topological polar surface area (TPSA) is 50.4 Å². The van der Waals surface area contributed by atoms with E-state index in [1.165, 1.54) is 12.8 Å². The van der Waals surface area contributed by atoms with Crippen molar-refractivity contribution in [3.05, 3.63) is 29.8 Å². The number of para-hydroxylation sites is 1. The zero-order chi connectivity index (χ0) is 14.6. The fourth-order valence-electron chi connectivity index (χ4n) is 2.74. The van der Waals surface area contributed by atoms with Crippen LogP contribution in [0.5, 0.6) is 5.75 Å². The first-order chi connectivity index (χ1) is 9.54. The van der Waals surface area contributed by atoms with E-state index in [0.29, 0.717) is 23.9 Å². The molecular formula is C16H24N2O2. The zero-order valence-corrected chi connectivity index (χ0v) is 12.5. The van der Waals surface area contributed by atoms with Crippen molar-refractivity contribution < 1.29 is 9.53 Å². The molecule has 4 nitrogen and oxygen atoms in total. The highest BCUT2D eigenvalue weighted by atomic mass is 16.5. The van der Waals surface area contributed by atoms with Crippen molar-refractivity contribution in [2.45, 2.75) is 32.7 Å². The predicted octanol–water partition coefficient (Wildman–Crippen LogP) is 2.20. The highest BCUT2D eigenvalue weighted by Gasteiger charge is 2.32. The number of benzene rings is 1. The zero-order valence-electron chi connectivity index (χ0n) is 12.5. The van der Waals surface area contributed by atoms with Crippen LogP contribution < -0.4 is 15.4 Å². The third kappa shape index (κ3) is 3.31. The summed E-state index contributed by atoms with van der Waals surface area (Å²) in [5, 5.41) is 6.52. The van der Waals surface area contributed by atoms with Gasteiger partial charge in [0.1, 0.15) is 5.75 Å². The quantitative estimate of drug-likeness (QED) is 0.886. The van der Waals surface area contributed by atoms with Crippen LogP contribution in [0.15, 0.2) is 24.3 Å². The molecule has 1 heterocycles. The Morgan fingerprint density at radius 1 is 1.45 bits per heavy atom. The van der Waals surface area contributed by atoms with Crippen LogP contribution >= 0.6 is 0 Å². The largest absolute Gasteiger partial charge is 0.496 e. The standard InChI is InChI=1S/C16H24N2O2/c1-16(2)9-6-10-17-14(16)11-18-15(19)12-7-4-5-8-13(12)20-3/h4-5,7-8,14,17H,6,9-11H2,1-3H3,(H,18,19). The number of hydrogen-bond donors (Lipinski definition) is 2. The van der Waals surface area contributed by atoms with E-state index in [-0.39, 0.29) is 11.3 Å². The van der Waals surface area contributed by atoms with Gasteiger partial charge >= 0.3 is 0 Å². The molecular weight excluding hydrogens is 252 g/mol. The van der Waals surface area contributed by atoms with E-state index in [1.54, 1.807) is 19.2 Å². The molecule has 1 unspecified atom stereocenters. The van der Waals surface area contributed by atoms with E-state index in [4.69, 9.17) is 4.74 Å². The van der Waals surface area contributed by atoms with E-state index in [1.807, 2.05) is 12.1 Å². The Labute approximate surface area is 120 Å². The van der Waals surface area contributed by atoms with Crippen molar-refractivity contribution in [2.75, 3.05) is 20.2 Å². The Bertz CT molecular complexity index is 471. The van der Waals surface area contributed by atoms with Crippen molar-refractivity contribution in [1.82, 2.24) is 10.6 Å². The van der Waals surface area contributed by atoms with Crippen molar-refractivity contribution in [3.63, 3.8) is 0 Å². The van der Waals surface area contributed by atoms with Crippen molar-refractivity contribution in [3.8, 4) is 5.75 Å². The summed E-state index contributed by atoms with van der Waals surface area (Å²) in [5.74, 6) is 0.534. The van der Waals surface area contributed by atoms with Crippen LogP contribution in [0.3, 0.4) is 0 Å². The average Bonchev–Trinajstić information content (AvgIpc) is 2.45. The molecule has 0 aromatic heterocycles.